The molecule has 1 aliphatic heterocycles. The molecule has 0 aliphatic carbocycles. The first-order valence-electron chi connectivity index (χ1n) is 20.0. The standard InChI is InChI=1S/C52H33N5OS/c1-2-10-31(11-3-1)50-54-51(56-52(55-50)34-23-25-46-42(27-34)37-14-7-9-17-45(37)59-46)32-20-18-30(19-21-32)33-22-24-39-40(26-33)35-12-4-5-15-38(35)48-49(39)57-29-44-41(28-47(57)53-48)36-13-6-8-16-43(36)58-44/h1-29,50-51,54H,(H,55,56). The number of rotatable bonds is 4. The monoisotopic (exact) mass is 775 g/mol. The number of aromatic nitrogens is 2. The van der Waals surface area contributed by atoms with Gasteiger partial charge in [0.1, 0.15) is 29.4 Å². The van der Waals surface area contributed by atoms with Gasteiger partial charge in [0.15, 0.2) is 5.58 Å². The van der Waals surface area contributed by atoms with Crippen molar-refractivity contribution in [1.82, 2.24) is 20.0 Å². The molecule has 0 bridgehead atoms. The first kappa shape index (κ1) is 32.7. The average Bonchev–Trinajstić information content (AvgIpc) is 3.99. The molecule has 0 spiro atoms. The van der Waals surface area contributed by atoms with E-state index in [0.29, 0.717) is 0 Å². The minimum Gasteiger partial charge on any atom is -0.455 e. The second-order valence-corrected chi connectivity index (χ2v) is 16.5. The molecule has 0 saturated carbocycles. The Labute approximate surface area is 341 Å². The Morgan fingerprint density at radius 2 is 1.22 bits per heavy atom. The van der Waals surface area contributed by atoms with E-state index in [-0.39, 0.29) is 12.3 Å². The lowest BCUT2D eigenvalue weighted by molar-refractivity contribution is 0.409. The second-order valence-electron chi connectivity index (χ2n) is 15.5. The summed E-state index contributed by atoms with van der Waals surface area (Å²) < 4.78 is 11.1. The number of imidazole rings is 1. The molecule has 5 heterocycles. The van der Waals surface area contributed by atoms with Gasteiger partial charge in [-0.25, -0.2) is 9.98 Å². The Bertz CT molecular complexity index is 3690. The van der Waals surface area contributed by atoms with E-state index >= 15 is 0 Å². The summed E-state index contributed by atoms with van der Waals surface area (Å²) in [4.78, 5) is 10.5. The number of aliphatic imine (C=N–C) groups is 1. The van der Waals surface area contributed by atoms with Gasteiger partial charge in [0.2, 0.25) is 0 Å². The minimum absolute atomic E-state index is 0.154. The maximum absolute atomic E-state index is 6.33. The number of nitrogens with zero attached hydrogens (tertiary/aromatic N) is 3. The van der Waals surface area contributed by atoms with E-state index in [0.717, 1.165) is 83.0 Å². The smallest absolute Gasteiger partial charge is 0.152 e. The van der Waals surface area contributed by atoms with Gasteiger partial charge in [-0.3, -0.25) is 9.72 Å². The summed E-state index contributed by atoms with van der Waals surface area (Å²) >= 11 is 1.83. The molecule has 278 valence electrons. The quantitative estimate of drug-likeness (QED) is 0.175. The Balaban J connectivity index is 0.892. The number of nitrogens with one attached hydrogen (secondary N) is 2. The van der Waals surface area contributed by atoms with Crippen LogP contribution in [0.15, 0.2) is 185 Å². The van der Waals surface area contributed by atoms with Crippen molar-refractivity contribution in [1.29, 1.82) is 0 Å². The molecule has 12 aromatic rings. The normalized spacial score (nSPS) is 16.0. The van der Waals surface area contributed by atoms with Gasteiger partial charge < -0.3 is 9.73 Å². The van der Waals surface area contributed by atoms with Crippen LogP contribution in [0, 0.1) is 0 Å². The number of fused-ring (bicyclic) bond motifs is 14. The van der Waals surface area contributed by atoms with Gasteiger partial charge in [-0.15, -0.1) is 11.3 Å². The summed E-state index contributed by atoms with van der Waals surface area (Å²) in [5.41, 5.74) is 10.4. The van der Waals surface area contributed by atoms with Gasteiger partial charge in [-0.1, -0.05) is 127 Å². The fourth-order valence-corrected chi connectivity index (χ4v) is 10.3. The van der Waals surface area contributed by atoms with Crippen LogP contribution < -0.4 is 10.6 Å². The topological polar surface area (TPSA) is 66.9 Å². The van der Waals surface area contributed by atoms with E-state index in [1.807, 2.05) is 23.5 Å². The highest BCUT2D eigenvalue weighted by atomic mass is 32.1. The molecule has 7 heteroatoms. The van der Waals surface area contributed by atoms with Crippen LogP contribution in [0.5, 0.6) is 0 Å². The fraction of sp³-hybridized carbons (Fsp3) is 0.0385. The molecule has 2 unspecified atom stereocenters. The predicted octanol–water partition coefficient (Wildman–Crippen LogP) is 13.1. The molecular formula is C52H33N5OS. The molecule has 0 saturated heterocycles. The molecule has 13 rings (SSSR count). The number of hydrogen-bond acceptors (Lipinski definition) is 6. The van der Waals surface area contributed by atoms with Crippen LogP contribution in [-0.4, -0.2) is 15.2 Å². The molecule has 1 aliphatic rings. The third-order valence-electron chi connectivity index (χ3n) is 12.1. The molecule has 2 atom stereocenters. The summed E-state index contributed by atoms with van der Waals surface area (Å²) in [6, 6.07) is 60.6. The number of furan rings is 1. The summed E-state index contributed by atoms with van der Waals surface area (Å²) in [6.45, 7) is 0. The Morgan fingerprint density at radius 3 is 2.10 bits per heavy atom. The van der Waals surface area contributed by atoms with Crippen molar-refractivity contribution >= 4 is 97.5 Å². The van der Waals surface area contributed by atoms with Crippen LogP contribution in [0.25, 0.3) is 91.5 Å². The number of thiophene rings is 1. The molecule has 59 heavy (non-hydrogen) atoms. The van der Waals surface area contributed by atoms with Crippen molar-refractivity contribution in [2.24, 2.45) is 4.99 Å². The Morgan fingerprint density at radius 1 is 0.508 bits per heavy atom. The number of pyridine rings is 1. The van der Waals surface area contributed by atoms with Crippen LogP contribution >= 0.6 is 11.3 Å². The average molecular weight is 776 g/mol. The Hall–Kier alpha value is -7.32. The number of benzene rings is 8. The molecule has 8 aromatic carbocycles. The highest BCUT2D eigenvalue weighted by molar-refractivity contribution is 7.25. The molecule has 0 fully saturated rings. The lowest BCUT2D eigenvalue weighted by Crippen LogP contribution is -2.44. The lowest BCUT2D eigenvalue weighted by Gasteiger charge is -2.32. The van der Waals surface area contributed by atoms with Crippen molar-refractivity contribution in [3.05, 3.63) is 193 Å². The van der Waals surface area contributed by atoms with Crippen LogP contribution in [0.3, 0.4) is 0 Å². The molecule has 2 N–H and O–H groups in total. The molecule has 0 amide bonds. The zero-order valence-corrected chi connectivity index (χ0v) is 32.4. The highest BCUT2D eigenvalue weighted by Crippen LogP contribution is 2.40. The molecule has 0 radical (unpaired) electrons. The maximum atomic E-state index is 6.33. The fourth-order valence-electron chi connectivity index (χ4n) is 9.21. The molecule has 6 nitrogen and oxygen atoms in total. The molecular weight excluding hydrogens is 743 g/mol. The Kier molecular flexibility index (Phi) is 6.98. The second kappa shape index (κ2) is 12.6. The van der Waals surface area contributed by atoms with Crippen LogP contribution in [0.2, 0.25) is 0 Å². The van der Waals surface area contributed by atoms with Gasteiger partial charge in [-0.2, -0.15) is 0 Å². The lowest BCUT2D eigenvalue weighted by atomic mass is 9.95. The first-order chi connectivity index (χ1) is 29.2. The first-order valence-corrected chi connectivity index (χ1v) is 20.8. The van der Waals surface area contributed by atoms with Crippen molar-refractivity contribution < 1.29 is 4.42 Å². The SMILES string of the molecule is c1ccc(C2N=C(c3ccc4sc5ccccc5c4c3)NC(c3ccc(-c4ccc5c(c4)c4ccccc4c4nc6cc7c(cn6c54)oc4ccccc47)cc3)N2)cc1. The van der Waals surface area contributed by atoms with Crippen molar-refractivity contribution in [3.63, 3.8) is 0 Å². The number of para-hydroxylation sites is 1. The van der Waals surface area contributed by atoms with Gasteiger partial charge in [-0.05, 0) is 75.5 Å². The van der Waals surface area contributed by atoms with E-state index in [2.05, 4.69) is 179 Å². The van der Waals surface area contributed by atoms with E-state index < -0.39 is 0 Å². The highest BCUT2D eigenvalue weighted by Gasteiger charge is 2.26. The van der Waals surface area contributed by atoms with Crippen LogP contribution in [0.4, 0.5) is 0 Å². The van der Waals surface area contributed by atoms with E-state index in [9.17, 15) is 0 Å². The third kappa shape index (κ3) is 5.09. The summed E-state index contributed by atoms with van der Waals surface area (Å²) in [5, 5.41) is 17.0. The minimum atomic E-state index is -0.208. The van der Waals surface area contributed by atoms with Crippen molar-refractivity contribution in [2.45, 2.75) is 12.3 Å². The maximum Gasteiger partial charge on any atom is 0.152 e. The van der Waals surface area contributed by atoms with Crippen LogP contribution in [0.1, 0.15) is 29.0 Å². The molecule has 4 aromatic heterocycles. The predicted molar refractivity (Wildman–Crippen MR) is 244 cm³/mol. The zero-order chi connectivity index (χ0) is 38.6. The largest absolute Gasteiger partial charge is 0.455 e. The zero-order valence-electron chi connectivity index (χ0n) is 31.6. The van der Waals surface area contributed by atoms with Crippen LogP contribution in [-0.2, 0) is 0 Å². The summed E-state index contributed by atoms with van der Waals surface area (Å²) in [5.74, 6) is 0.880. The number of hydrogen-bond donors (Lipinski definition) is 2. The van der Waals surface area contributed by atoms with Gasteiger partial charge in [0, 0.05) is 47.3 Å². The number of amidine groups is 1. The van der Waals surface area contributed by atoms with E-state index in [1.165, 1.54) is 30.9 Å². The van der Waals surface area contributed by atoms with Crippen molar-refractivity contribution in [2.75, 3.05) is 0 Å². The van der Waals surface area contributed by atoms with Gasteiger partial charge in [0.05, 0.1) is 17.2 Å². The van der Waals surface area contributed by atoms with Crippen molar-refractivity contribution in [3.8, 4) is 11.1 Å². The van der Waals surface area contributed by atoms with Gasteiger partial charge >= 0.3 is 0 Å². The third-order valence-corrected chi connectivity index (χ3v) is 13.2. The summed E-state index contributed by atoms with van der Waals surface area (Å²) in [7, 11) is 0. The summed E-state index contributed by atoms with van der Waals surface area (Å²) in [6.07, 6.45) is 1.74. The van der Waals surface area contributed by atoms with Gasteiger partial charge in [0.25, 0.3) is 0 Å². The van der Waals surface area contributed by atoms with E-state index in [4.69, 9.17) is 14.4 Å². The van der Waals surface area contributed by atoms with E-state index in [1.54, 1.807) is 0 Å².